The van der Waals surface area contributed by atoms with E-state index in [0.29, 0.717) is 16.1 Å². The predicted octanol–water partition coefficient (Wildman–Crippen LogP) is 5.09. The molecule has 0 aromatic heterocycles. The molecule has 1 N–H and O–H groups in total. The van der Waals surface area contributed by atoms with Gasteiger partial charge in [-0.25, -0.2) is 14.4 Å². The average Bonchev–Trinajstić information content (AvgIpc) is 2.91. The lowest BCUT2D eigenvalue weighted by molar-refractivity contribution is 0.0732. The zero-order valence-electron chi connectivity index (χ0n) is 19.1. The molecule has 0 fully saturated rings. The normalized spacial score (nSPS) is 11.2. The molecule has 186 valence electrons. The molecule has 0 aliphatic heterocycles. The molecule has 0 aliphatic carbocycles. The molecule has 0 heterocycles. The van der Waals surface area contributed by atoms with E-state index >= 15 is 0 Å². The lowest BCUT2D eigenvalue weighted by Crippen LogP contribution is -2.18. The van der Waals surface area contributed by atoms with Gasteiger partial charge in [0.25, 0.3) is 10.0 Å². The SMILES string of the molecule is O=C(Oc1ccc(/C=N\NS(=O)(=O)c2ccc(Cl)cc2)c(OC(=O)c2ccccc2)c1)c1ccccc1. The molecule has 37 heavy (non-hydrogen) atoms. The summed E-state index contributed by atoms with van der Waals surface area (Å²) in [6.45, 7) is 0. The van der Waals surface area contributed by atoms with E-state index in [4.69, 9.17) is 21.1 Å². The summed E-state index contributed by atoms with van der Waals surface area (Å²) >= 11 is 5.81. The number of sulfonamides is 1. The molecular weight excluding hydrogens is 516 g/mol. The Hall–Kier alpha value is -4.47. The minimum atomic E-state index is -3.96. The molecule has 8 nitrogen and oxygen atoms in total. The molecule has 4 aromatic rings. The van der Waals surface area contributed by atoms with Crippen molar-refractivity contribution >= 4 is 39.8 Å². The van der Waals surface area contributed by atoms with E-state index in [1.54, 1.807) is 60.7 Å². The minimum absolute atomic E-state index is 0.00153. The number of ether oxygens (including phenoxy) is 2. The van der Waals surface area contributed by atoms with Crippen molar-refractivity contribution in [1.29, 1.82) is 0 Å². The quantitative estimate of drug-likeness (QED) is 0.146. The fourth-order valence-corrected chi connectivity index (χ4v) is 4.00. The van der Waals surface area contributed by atoms with Crippen LogP contribution in [0.2, 0.25) is 5.02 Å². The first-order valence-corrected chi connectivity index (χ1v) is 12.7. The lowest BCUT2D eigenvalue weighted by atomic mass is 10.2. The Balaban J connectivity index is 1.58. The standard InChI is InChI=1S/C27H19ClN2O6S/c28-22-12-15-24(16-13-22)37(33,34)30-29-18-21-11-14-23(35-26(31)19-7-3-1-4-8-19)17-25(21)36-27(32)20-9-5-2-6-10-20/h1-18,30H/b29-18-. The van der Waals surface area contributed by atoms with Crippen LogP contribution in [-0.4, -0.2) is 26.6 Å². The molecule has 0 saturated carbocycles. The second-order valence-electron chi connectivity index (χ2n) is 7.52. The number of nitrogens with one attached hydrogen (secondary N) is 1. The molecule has 0 spiro atoms. The van der Waals surface area contributed by atoms with Crippen LogP contribution in [0.1, 0.15) is 26.3 Å². The smallest absolute Gasteiger partial charge is 0.343 e. The number of nitrogens with zero attached hydrogens (tertiary/aromatic N) is 1. The Morgan fingerprint density at radius 1 is 0.757 bits per heavy atom. The van der Waals surface area contributed by atoms with E-state index in [1.165, 1.54) is 48.7 Å². The van der Waals surface area contributed by atoms with E-state index in [-0.39, 0.29) is 22.0 Å². The van der Waals surface area contributed by atoms with Crippen molar-refractivity contribution in [2.24, 2.45) is 5.10 Å². The van der Waals surface area contributed by atoms with Gasteiger partial charge in [0.05, 0.1) is 22.2 Å². The van der Waals surface area contributed by atoms with E-state index in [9.17, 15) is 18.0 Å². The Bertz CT molecular complexity index is 1540. The molecule has 4 aromatic carbocycles. The van der Waals surface area contributed by atoms with Crippen LogP contribution in [0, 0.1) is 0 Å². The third kappa shape index (κ3) is 6.81. The van der Waals surface area contributed by atoms with Crippen molar-refractivity contribution in [1.82, 2.24) is 4.83 Å². The Morgan fingerprint density at radius 3 is 1.92 bits per heavy atom. The van der Waals surface area contributed by atoms with Crippen LogP contribution in [0.15, 0.2) is 113 Å². The third-order valence-corrected chi connectivity index (χ3v) is 6.41. The van der Waals surface area contributed by atoms with Gasteiger partial charge in [-0.2, -0.15) is 13.5 Å². The number of hydrazone groups is 1. The Kier molecular flexibility index (Phi) is 7.97. The highest BCUT2D eigenvalue weighted by Gasteiger charge is 2.16. The molecular formula is C27H19ClN2O6S. The van der Waals surface area contributed by atoms with Crippen molar-refractivity contribution < 1.29 is 27.5 Å². The fourth-order valence-electron chi connectivity index (χ4n) is 3.08. The highest BCUT2D eigenvalue weighted by molar-refractivity contribution is 7.89. The average molecular weight is 535 g/mol. The second kappa shape index (κ2) is 11.5. The monoisotopic (exact) mass is 534 g/mol. The van der Waals surface area contributed by atoms with Crippen molar-refractivity contribution in [2.45, 2.75) is 4.90 Å². The second-order valence-corrected chi connectivity index (χ2v) is 9.61. The van der Waals surface area contributed by atoms with Gasteiger partial charge in [0.15, 0.2) is 0 Å². The molecule has 0 bridgehead atoms. The highest BCUT2D eigenvalue weighted by Crippen LogP contribution is 2.26. The number of carbonyl (C=O) groups excluding carboxylic acids is 2. The molecule has 0 saturated heterocycles. The molecule has 4 rings (SSSR count). The fraction of sp³-hybridized carbons (Fsp3) is 0. The number of hydrogen-bond donors (Lipinski definition) is 1. The molecule has 0 atom stereocenters. The van der Waals surface area contributed by atoms with Gasteiger partial charge >= 0.3 is 11.9 Å². The topological polar surface area (TPSA) is 111 Å². The van der Waals surface area contributed by atoms with Crippen LogP contribution in [0.4, 0.5) is 0 Å². The zero-order chi connectivity index (χ0) is 26.3. The first kappa shape index (κ1) is 25.6. The maximum atomic E-state index is 12.7. The number of carbonyl (C=O) groups is 2. The van der Waals surface area contributed by atoms with Crippen LogP contribution < -0.4 is 14.3 Å². The first-order valence-electron chi connectivity index (χ1n) is 10.8. The summed E-state index contributed by atoms with van der Waals surface area (Å²) in [5, 5.41) is 4.19. The summed E-state index contributed by atoms with van der Waals surface area (Å²) < 4.78 is 35.9. The van der Waals surface area contributed by atoms with E-state index < -0.39 is 22.0 Å². The van der Waals surface area contributed by atoms with Gasteiger partial charge in [-0.1, -0.05) is 48.0 Å². The van der Waals surface area contributed by atoms with Crippen molar-refractivity contribution in [3.8, 4) is 11.5 Å². The van der Waals surface area contributed by atoms with Gasteiger partial charge in [-0.05, 0) is 60.7 Å². The minimum Gasteiger partial charge on any atom is -0.423 e. The van der Waals surface area contributed by atoms with Gasteiger partial charge < -0.3 is 9.47 Å². The molecule has 0 unspecified atom stereocenters. The van der Waals surface area contributed by atoms with Crippen LogP contribution in [0.3, 0.4) is 0 Å². The summed E-state index contributed by atoms with van der Waals surface area (Å²) in [6.07, 6.45) is 1.17. The zero-order valence-corrected chi connectivity index (χ0v) is 20.6. The number of esters is 2. The largest absolute Gasteiger partial charge is 0.423 e. The summed E-state index contributed by atoms with van der Waals surface area (Å²) in [5.41, 5.74) is 0.885. The van der Waals surface area contributed by atoms with Gasteiger partial charge in [0.2, 0.25) is 0 Å². The molecule has 0 aliphatic rings. The van der Waals surface area contributed by atoms with Gasteiger partial charge in [0.1, 0.15) is 11.5 Å². The van der Waals surface area contributed by atoms with Crippen molar-refractivity contribution in [2.75, 3.05) is 0 Å². The molecule has 10 heteroatoms. The summed E-state index contributed by atoms with van der Waals surface area (Å²) in [4.78, 5) is 27.2. The predicted molar refractivity (Wildman–Crippen MR) is 139 cm³/mol. The van der Waals surface area contributed by atoms with Crippen LogP contribution in [0.5, 0.6) is 11.5 Å². The Labute approximate surface area is 218 Å². The van der Waals surface area contributed by atoms with Gasteiger partial charge in [-0.3, -0.25) is 0 Å². The van der Waals surface area contributed by atoms with Crippen LogP contribution >= 0.6 is 11.6 Å². The van der Waals surface area contributed by atoms with E-state index in [2.05, 4.69) is 9.93 Å². The van der Waals surface area contributed by atoms with Crippen LogP contribution in [-0.2, 0) is 10.0 Å². The Morgan fingerprint density at radius 2 is 1.32 bits per heavy atom. The molecule has 0 radical (unpaired) electrons. The lowest BCUT2D eigenvalue weighted by Gasteiger charge is -2.11. The van der Waals surface area contributed by atoms with Gasteiger partial charge in [0, 0.05) is 16.7 Å². The summed E-state index contributed by atoms with van der Waals surface area (Å²) in [6, 6.07) is 26.5. The van der Waals surface area contributed by atoms with E-state index in [1.807, 2.05) is 0 Å². The summed E-state index contributed by atoms with van der Waals surface area (Å²) in [7, 11) is -3.96. The highest BCUT2D eigenvalue weighted by atomic mass is 35.5. The number of hydrogen-bond acceptors (Lipinski definition) is 7. The third-order valence-electron chi connectivity index (χ3n) is 4.92. The van der Waals surface area contributed by atoms with Crippen molar-refractivity contribution in [3.05, 3.63) is 125 Å². The number of rotatable bonds is 8. The maximum absolute atomic E-state index is 12.7. The number of halogens is 1. The van der Waals surface area contributed by atoms with Crippen molar-refractivity contribution in [3.63, 3.8) is 0 Å². The maximum Gasteiger partial charge on any atom is 0.343 e. The first-order chi connectivity index (χ1) is 17.8. The molecule has 0 amide bonds. The van der Waals surface area contributed by atoms with Crippen LogP contribution in [0.25, 0.3) is 0 Å². The summed E-state index contributed by atoms with van der Waals surface area (Å²) in [5.74, 6) is -1.15. The van der Waals surface area contributed by atoms with Gasteiger partial charge in [-0.15, -0.1) is 0 Å². The number of benzene rings is 4. The van der Waals surface area contributed by atoms with E-state index in [0.717, 1.165) is 0 Å².